The molecule has 0 bridgehead atoms. The van der Waals surface area contributed by atoms with Gasteiger partial charge in [0.1, 0.15) is 6.61 Å². The summed E-state index contributed by atoms with van der Waals surface area (Å²) in [5.41, 5.74) is 5.33. The van der Waals surface area contributed by atoms with E-state index in [0.29, 0.717) is 28.7 Å². The number of nitrogens with zero attached hydrogens (tertiary/aromatic N) is 1. The van der Waals surface area contributed by atoms with Crippen molar-refractivity contribution < 1.29 is 33.3 Å². The minimum Gasteiger partial charge on any atom is -0.493 e. The minimum absolute atomic E-state index is 0.0203. The number of ether oxygens (including phenoxy) is 4. The summed E-state index contributed by atoms with van der Waals surface area (Å²) in [7, 11) is 3.03. The molecule has 0 aromatic heterocycles. The molecule has 0 saturated carbocycles. The van der Waals surface area contributed by atoms with Crippen LogP contribution < -0.4 is 34.7 Å². The zero-order valence-corrected chi connectivity index (χ0v) is 17.6. The zero-order valence-electron chi connectivity index (χ0n) is 17.6. The van der Waals surface area contributed by atoms with Crippen LogP contribution in [0.3, 0.4) is 0 Å². The molecule has 4 rings (SSSR count). The maximum atomic E-state index is 12.6. The number of hydrogen-bond acceptors (Lipinski definition) is 7. The number of benzene rings is 2. The second kappa shape index (κ2) is 9.04. The summed E-state index contributed by atoms with van der Waals surface area (Å²) in [6, 6.07) is 12.1. The lowest BCUT2D eigenvalue weighted by molar-refractivity contribution is -0.136. The molecule has 2 aromatic carbocycles. The number of carbonyl (C=O) groups excluding carboxylic acids is 3. The average molecular weight is 441 g/mol. The number of methoxy groups -OCH3 is 2. The second-order valence-corrected chi connectivity index (χ2v) is 7.29. The molecular weight excluding hydrogens is 418 g/mol. The summed E-state index contributed by atoms with van der Waals surface area (Å²) in [5.74, 6) is 0.188. The van der Waals surface area contributed by atoms with E-state index in [2.05, 4.69) is 10.9 Å². The number of hydrogen-bond donors (Lipinski definition) is 2. The lowest BCUT2D eigenvalue weighted by Gasteiger charge is -2.25. The topological polar surface area (TPSA) is 115 Å². The van der Waals surface area contributed by atoms with Crippen LogP contribution in [0.1, 0.15) is 6.42 Å². The van der Waals surface area contributed by atoms with E-state index in [1.54, 1.807) is 42.5 Å². The van der Waals surface area contributed by atoms with Crippen molar-refractivity contribution >= 4 is 23.4 Å². The van der Waals surface area contributed by atoms with Gasteiger partial charge in [-0.05, 0) is 24.3 Å². The van der Waals surface area contributed by atoms with E-state index in [4.69, 9.17) is 18.9 Å². The van der Waals surface area contributed by atoms with E-state index in [-0.39, 0.29) is 25.5 Å². The van der Waals surface area contributed by atoms with Crippen molar-refractivity contribution in [3.8, 4) is 23.0 Å². The monoisotopic (exact) mass is 441 g/mol. The Labute approximate surface area is 184 Å². The molecule has 2 N–H and O–H groups in total. The number of rotatable bonds is 5. The number of para-hydroxylation sites is 2. The molecule has 1 fully saturated rings. The van der Waals surface area contributed by atoms with Gasteiger partial charge in [0.15, 0.2) is 23.0 Å². The maximum Gasteiger partial charge on any atom is 0.283 e. The van der Waals surface area contributed by atoms with Crippen molar-refractivity contribution in [3.63, 3.8) is 0 Å². The van der Waals surface area contributed by atoms with Gasteiger partial charge < -0.3 is 23.8 Å². The van der Waals surface area contributed by atoms with Gasteiger partial charge in [-0.25, -0.2) is 0 Å². The summed E-state index contributed by atoms with van der Waals surface area (Å²) in [6.07, 6.45) is -0.884. The highest BCUT2D eigenvalue weighted by molar-refractivity contribution is 6.00. The molecule has 32 heavy (non-hydrogen) atoms. The largest absolute Gasteiger partial charge is 0.493 e. The van der Waals surface area contributed by atoms with Gasteiger partial charge >= 0.3 is 0 Å². The quantitative estimate of drug-likeness (QED) is 0.667. The predicted molar refractivity (Wildman–Crippen MR) is 113 cm³/mol. The third-order valence-corrected chi connectivity index (χ3v) is 5.28. The highest BCUT2D eigenvalue weighted by Crippen LogP contribution is 2.34. The molecule has 1 saturated heterocycles. The second-order valence-electron chi connectivity index (χ2n) is 7.29. The first-order valence-electron chi connectivity index (χ1n) is 10.0. The fourth-order valence-corrected chi connectivity index (χ4v) is 3.58. The van der Waals surface area contributed by atoms with Crippen molar-refractivity contribution in [1.82, 2.24) is 10.9 Å². The van der Waals surface area contributed by atoms with E-state index < -0.39 is 23.8 Å². The van der Waals surface area contributed by atoms with Crippen molar-refractivity contribution in [2.45, 2.75) is 12.5 Å². The lowest BCUT2D eigenvalue weighted by atomic mass is 10.1. The fraction of sp³-hybridized carbons (Fsp3) is 0.318. The average Bonchev–Trinajstić information content (AvgIpc) is 3.23. The molecule has 2 aromatic rings. The Morgan fingerprint density at radius 1 is 1.00 bits per heavy atom. The molecule has 2 heterocycles. The first kappa shape index (κ1) is 21.3. The van der Waals surface area contributed by atoms with Gasteiger partial charge in [0.05, 0.1) is 20.1 Å². The zero-order chi connectivity index (χ0) is 22.7. The van der Waals surface area contributed by atoms with Crippen LogP contribution in [0.25, 0.3) is 0 Å². The van der Waals surface area contributed by atoms with Crippen molar-refractivity contribution in [2.24, 2.45) is 5.92 Å². The molecule has 0 spiro atoms. The maximum absolute atomic E-state index is 12.6. The molecule has 2 aliphatic rings. The van der Waals surface area contributed by atoms with Crippen LogP contribution in [0, 0.1) is 5.92 Å². The molecule has 2 unspecified atom stereocenters. The van der Waals surface area contributed by atoms with Crippen molar-refractivity contribution in [1.29, 1.82) is 0 Å². The molecule has 3 amide bonds. The summed E-state index contributed by atoms with van der Waals surface area (Å²) >= 11 is 0. The van der Waals surface area contributed by atoms with Crippen LogP contribution in [0.5, 0.6) is 23.0 Å². The summed E-state index contributed by atoms with van der Waals surface area (Å²) in [5, 5.41) is 0. The molecule has 0 radical (unpaired) electrons. The Morgan fingerprint density at radius 3 is 2.47 bits per heavy atom. The molecule has 10 nitrogen and oxygen atoms in total. The van der Waals surface area contributed by atoms with Crippen LogP contribution in [-0.2, 0) is 14.4 Å². The Balaban J connectivity index is 1.33. The van der Waals surface area contributed by atoms with Gasteiger partial charge in [0, 0.05) is 24.7 Å². The predicted octanol–water partition coefficient (Wildman–Crippen LogP) is 1.04. The number of fused-ring (bicyclic) bond motifs is 1. The number of nitrogens with one attached hydrogen (secondary N) is 2. The lowest BCUT2D eigenvalue weighted by Crippen LogP contribution is -2.52. The van der Waals surface area contributed by atoms with Crippen molar-refractivity contribution in [2.75, 3.05) is 32.3 Å². The Bertz CT molecular complexity index is 1040. The summed E-state index contributed by atoms with van der Waals surface area (Å²) in [4.78, 5) is 38.9. The van der Waals surface area contributed by atoms with E-state index in [9.17, 15) is 14.4 Å². The number of hydrazine groups is 1. The SMILES string of the molecule is COc1ccc(N2CC(C(=O)NNC(=O)C3COc4ccccc4O3)CC2=O)cc1OC. The van der Waals surface area contributed by atoms with Crippen LogP contribution in [-0.4, -0.2) is 51.2 Å². The number of amides is 3. The fourth-order valence-electron chi connectivity index (χ4n) is 3.58. The van der Waals surface area contributed by atoms with E-state index in [1.165, 1.54) is 19.1 Å². The standard InChI is InChI=1S/C22H23N3O7/c1-29-15-8-7-14(10-18(15)30-2)25-11-13(9-20(25)26)21(27)23-24-22(28)19-12-31-16-5-3-4-6-17(16)32-19/h3-8,10,13,19H,9,11-12H2,1-2H3,(H,23,27)(H,24,28). The molecule has 10 heteroatoms. The van der Waals surface area contributed by atoms with Gasteiger partial charge in [-0.2, -0.15) is 0 Å². The van der Waals surface area contributed by atoms with E-state index in [0.717, 1.165) is 0 Å². The Morgan fingerprint density at radius 2 is 1.72 bits per heavy atom. The third-order valence-electron chi connectivity index (χ3n) is 5.28. The molecular formula is C22H23N3O7. The smallest absolute Gasteiger partial charge is 0.283 e. The highest BCUT2D eigenvalue weighted by atomic mass is 16.6. The van der Waals surface area contributed by atoms with Gasteiger partial charge in [-0.3, -0.25) is 25.2 Å². The number of carbonyl (C=O) groups is 3. The van der Waals surface area contributed by atoms with Gasteiger partial charge in [-0.1, -0.05) is 12.1 Å². The van der Waals surface area contributed by atoms with Gasteiger partial charge in [0.25, 0.3) is 5.91 Å². The van der Waals surface area contributed by atoms with E-state index in [1.807, 2.05) is 0 Å². The summed E-state index contributed by atoms with van der Waals surface area (Å²) < 4.78 is 21.6. The minimum atomic E-state index is -0.904. The van der Waals surface area contributed by atoms with Crippen LogP contribution >= 0.6 is 0 Å². The molecule has 0 aliphatic carbocycles. The molecule has 2 atom stereocenters. The number of anilines is 1. The van der Waals surface area contributed by atoms with Crippen molar-refractivity contribution in [3.05, 3.63) is 42.5 Å². The first-order chi connectivity index (χ1) is 15.5. The first-order valence-corrected chi connectivity index (χ1v) is 10.0. The van der Waals surface area contributed by atoms with Crippen LogP contribution in [0.2, 0.25) is 0 Å². The summed E-state index contributed by atoms with van der Waals surface area (Å²) in [6.45, 7) is 0.195. The molecule has 2 aliphatic heterocycles. The normalized spacial score (nSPS) is 19.3. The van der Waals surface area contributed by atoms with Crippen LogP contribution in [0.4, 0.5) is 5.69 Å². The van der Waals surface area contributed by atoms with Gasteiger partial charge in [0.2, 0.25) is 17.9 Å². The highest BCUT2D eigenvalue weighted by Gasteiger charge is 2.36. The van der Waals surface area contributed by atoms with Gasteiger partial charge in [-0.15, -0.1) is 0 Å². The van der Waals surface area contributed by atoms with Crippen LogP contribution in [0.15, 0.2) is 42.5 Å². The Hall–Kier alpha value is -3.95. The third kappa shape index (κ3) is 4.25. The van der Waals surface area contributed by atoms with E-state index >= 15 is 0 Å². The molecule has 168 valence electrons. The Kier molecular flexibility index (Phi) is 6.02.